The Balaban J connectivity index is 1.76. The van der Waals surface area contributed by atoms with Gasteiger partial charge in [-0.2, -0.15) is 0 Å². The lowest BCUT2D eigenvalue weighted by molar-refractivity contribution is -0.154. The zero-order chi connectivity index (χ0) is 20.5. The highest BCUT2D eigenvalue weighted by atomic mass is 16.5. The highest BCUT2D eigenvalue weighted by Gasteiger charge is 2.30. The van der Waals surface area contributed by atoms with Gasteiger partial charge in [0.15, 0.2) is 6.61 Å². The molecule has 1 heterocycles. The van der Waals surface area contributed by atoms with Crippen molar-refractivity contribution in [3.8, 4) is 5.75 Å². The maximum atomic E-state index is 12.2. The lowest BCUT2D eigenvalue weighted by Crippen LogP contribution is -2.51. The molecule has 3 amide bonds. The first-order valence-electron chi connectivity index (χ1n) is 9.17. The standard InChI is InChI=1S/C19H25N3O6/c1-2-27-14-8-6-13(7-9-14)19(26)21-11-17(24)28-12-16(23)22-10-4-3-5-15(22)18(20)25/h6-9,15H,2-5,10-12H2,1H3,(H2,20,25)(H,21,26)/t15-/m1/s1. The molecule has 0 spiro atoms. The first-order valence-corrected chi connectivity index (χ1v) is 9.17. The maximum absolute atomic E-state index is 12.2. The van der Waals surface area contributed by atoms with Crippen molar-refractivity contribution in [2.45, 2.75) is 32.2 Å². The van der Waals surface area contributed by atoms with E-state index in [1.54, 1.807) is 24.3 Å². The molecule has 1 aromatic rings. The van der Waals surface area contributed by atoms with Gasteiger partial charge in [0.25, 0.3) is 11.8 Å². The summed E-state index contributed by atoms with van der Waals surface area (Å²) in [6.07, 6.45) is 2.09. The number of nitrogens with zero attached hydrogens (tertiary/aromatic N) is 1. The molecule has 3 N–H and O–H groups in total. The van der Waals surface area contributed by atoms with Crippen LogP contribution in [-0.4, -0.2) is 60.9 Å². The quantitative estimate of drug-likeness (QED) is 0.610. The summed E-state index contributed by atoms with van der Waals surface area (Å²) >= 11 is 0. The van der Waals surface area contributed by atoms with Gasteiger partial charge in [-0.25, -0.2) is 0 Å². The Bertz CT molecular complexity index is 719. The lowest BCUT2D eigenvalue weighted by atomic mass is 10.0. The fourth-order valence-electron chi connectivity index (χ4n) is 2.93. The molecule has 1 fully saturated rings. The molecule has 1 atom stereocenters. The fourth-order valence-corrected chi connectivity index (χ4v) is 2.93. The van der Waals surface area contributed by atoms with Gasteiger partial charge in [0.05, 0.1) is 6.61 Å². The van der Waals surface area contributed by atoms with Crippen molar-refractivity contribution in [3.63, 3.8) is 0 Å². The smallest absolute Gasteiger partial charge is 0.325 e. The van der Waals surface area contributed by atoms with E-state index < -0.39 is 36.3 Å². The van der Waals surface area contributed by atoms with Crippen LogP contribution in [0.15, 0.2) is 24.3 Å². The predicted octanol–water partition coefficient (Wildman–Crippen LogP) is 0.225. The Morgan fingerprint density at radius 2 is 1.89 bits per heavy atom. The molecule has 152 valence electrons. The van der Waals surface area contributed by atoms with Crippen LogP contribution in [0, 0.1) is 0 Å². The second kappa shape index (κ2) is 10.3. The molecule has 0 bridgehead atoms. The van der Waals surface area contributed by atoms with Crippen LogP contribution >= 0.6 is 0 Å². The van der Waals surface area contributed by atoms with Gasteiger partial charge < -0.3 is 25.4 Å². The molecule has 1 aromatic carbocycles. The molecule has 0 aliphatic carbocycles. The van der Waals surface area contributed by atoms with Crippen molar-refractivity contribution < 1.29 is 28.7 Å². The molecule has 28 heavy (non-hydrogen) atoms. The van der Waals surface area contributed by atoms with E-state index in [4.69, 9.17) is 15.2 Å². The third-order valence-electron chi connectivity index (χ3n) is 4.33. The lowest BCUT2D eigenvalue weighted by Gasteiger charge is -2.33. The molecule has 0 unspecified atom stereocenters. The van der Waals surface area contributed by atoms with Crippen LogP contribution in [0.2, 0.25) is 0 Å². The number of ether oxygens (including phenoxy) is 2. The number of benzene rings is 1. The highest BCUT2D eigenvalue weighted by Crippen LogP contribution is 2.17. The van der Waals surface area contributed by atoms with Crippen molar-refractivity contribution in [2.75, 3.05) is 26.3 Å². The number of carbonyl (C=O) groups excluding carboxylic acids is 4. The van der Waals surface area contributed by atoms with E-state index in [0.717, 1.165) is 12.8 Å². The summed E-state index contributed by atoms with van der Waals surface area (Å²) in [6.45, 7) is 1.91. The number of esters is 1. The molecule has 9 heteroatoms. The Morgan fingerprint density at radius 1 is 1.18 bits per heavy atom. The molecule has 0 aromatic heterocycles. The Labute approximate surface area is 163 Å². The molecule has 9 nitrogen and oxygen atoms in total. The van der Waals surface area contributed by atoms with Crippen LogP contribution < -0.4 is 15.8 Å². The van der Waals surface area contributed by atoms with E-state index >= 15 is 0 Å². The second-order valence-electron chi connectivity index (χ2n) is 6.30. The van der Waals surface area contributed by atoms with Crippen molar-refractivity contribution in [3.05, 3.63) is 29.8 Å². The van der Waals surface area contributed by atoms with Gasteiger partial charge in [-0.15, -0.1) is 0 Å². The zero-order valence-electron chi connectivity index (χ0n) is 15.8. The van der Waals surface area contributed by atoms with Gasteiger partial charge in [-0.3, -0.25) is 19.2 Å². The molecule has 2 rings (SSSR count). The summed E-state index contributed by atoms with van der Waals surface area (Å²) in [4.78, 5) is 48.8. The zero-order valence-corrected chi connectivity index (χ0v) is 15.8. The Morgan fingerprint density at radius 3 is 2.54 bits per heavy atom. The van der Waals surface area contributed by atoms with Gasteiger partial charge in [-0.1, -0.05) is 0 Å². The maximum Gasteiger partial charge on any atom is 0.325 e. The topological polar surface area (TPSA) is 128 Å². The first kappa shape index (κ1) is 21.2. The average Bonchev–Trinajstić information content (AvgIpc) is 2.71. The fraction of sp³-hybridized carbons (Fsp3) is 0.474. The van der Waals surface area contributed by atoms with E-state index in [2.05, 4.69) is 5.32 Å². The molecule has 0 saturated carbocycles. The first-order chi connectivity index (χ1) is 13.4. The number of carbonyl (C=O) groups is 4. The molecule has 1 saturated heterocycles. The van der Waals surface area contributed by atoms with Gasteiger partial charge >= 0.3 is 5.97 Å². The van der Waals surface area contributed by atoms with Gasteiger partial charge in [0.2, 0.25) is 5.91 Å². The minimum atomic E-state index is -0.750. The van der Waals surface area contributed by atoms with Crippen molar-refractivity contribution >= 4 is 23.7 Å². The summed E-state index contributed by atoms with van der Waals surface area (Å²) in [5.41, 5.74) is 5.68. The number of likely N-dealkylation sites (tertiary alicyclic amines) is 1. The van der Waals surface area contributed by atoms with Crippen LogP contribution in [0.4, 0.5) is 0 Å². The molecule has 1 aliphatic rings. The van der Waals surface area contributed by atoms with E-state index in [0.29, 0.717) is 30.9 Å². The third-order valence-corrected chi connectivity index (χ3v) is 4.33. The van der Waals surface area contributed by atoms with Crippen molar-refractivity contribution in [1.82, 2.24) is 10.2 Å². The van der Waals surface area contributed by atoms with E-state index in [1.165, 1.54) is 4.90 Å². The number of primary amides is 1. The normalized spacial score (nSPS) is 16.2. The molecule has 1 aliphatic heterocycles. The number of amides is 3. The minimum Gasteiger partial charge on any atom is -0.494 e. The monoisotopic (exact) mass is 391 g/mol. The van der Waals surface area contributed by atoms with Crippen molar-refractivity contribution in [1.29, 1.82) is 0 Å². The van der Waals surface area contributed by atoms with Crippen LogP contribution in [0.1, 0.15) is 36.5 Å². The van der Waals surface area contributed by atoms with E-state index in [1.807, 2.05) is 6.92 Å². The van der Waals surface area contributed by atoms with Crippen LogP contribution in [0.5, 0.6) is 5.75 Å². The van der Waals surface area contributed by atoms with Gasteiger partial charge in [0.1, 0.15) is 18.3 Å². The number of nitrogens with one attached hydrogen (secondary N) is 1. The summed E-state index contributed by atoms with van der Waals surface area (Å²) < 4.78 is 10.2. The SMILES string of the molecule is CCOc1ccc(C(=O)NCC(=O)OCC(=O)N2CCCC[C@@H]2C(N)=O)cc1. The van der Waals surface area contributed by atoms with Crippen LogP contribution in [0.25, 0.3) is 0 Å². The highest BCUT2D eigenvalue weighted by molar-refractivity contribution is 5.96. The third kappa shape index (κ3) is 5.97. The minimum absolute atomic E-state index is 0.366. The molecule has 0 radical (unpaired) electrons. The van der Waals surface area contributed by atoms with Crippen LogP contribution in [-0.2, 0) is 19.1 Å². The molecular formula is C19H25N3O6. The van der Waals surface area contributed by atoms with E-state index in [9.17, 15) is 19.2 Å². The number of hydrogen-bond acceptors (Lipinski definition) is 6. The number of piperidine rings is 1. The van der Waals surface area contributed by atoms with Gasteiger partial charge in [-0.05, 0) is 50.5 Å². The average molecular weight is 391 g/mol. The summed E-state index contributed by atoms with van der Waals surface area (Å²) in [6, 6.07) is 5.80. The summed E-state index contributed by atoms with van der Waals surface area (Å²) in [5.74, 6) is -1.60. The Kier molecular flexibility index (Phi) is 7.79. The Hall–Kier alpha value is -3.10. The second-order valence-corrected chi connectivity index (χ2v) is 6.30. The largest absolute Gasteiger partial charge is 0.494 e. The van der Waals surface area contributed by atoms with Crippen LogP contribution in [0.3, 0.4) is 0 Å². The van der Waals surface area contributed by atoms with Crippen molar-refractivity contribution in [2.24, 2.45) is 5.73 Å². The molecular weight excluding hydrogens is 366 g/mol. The number of nitrogens with two attached hydrogens (primary N) is 1. The predicted molar refractivity (Wildman–Crippen MR) is 99.4 cm³/mol. The van der Waals surface area contributed by atoms with Gasteiger partial charge in [0, 0.05) is 12.1 Å². The number of hydrogen-bond donors (Lipinski definition) is 2. The summed E-state index contributed by atoms with van der Waals surface area (Å²) in [5, 5.41) is 2.43. The van der Waals surface area contributed by atoms with E-state index in [-0.39, 0.29) is 6.54 Å². The number of rotatable bonds is 8. The summed E-state index contributed by atoms with van der Waals surface area (Å²) in [7, 11) is 0.